The molecule has 1 aromatic rings. The summed E-state index contributed by atoms with van der Waals surface area (Å²) in [7, 11) is 2.76. The van der Waals surface area contributed by atoms with Crippen LogP contribution in [0, 0.1) is 6.92 Å². The number of aliphatic carboxylic acids is 1. The second-order valence-electron chi connectivity index (χ2n) is 7.45. The highest BCUT2D eigenvalue weighted by molar-refractivity contribution is 5.99. The van der Waals surface area contributed by atoms with Gasteiger partial charge >= 0.3 is 23.9 Å². The summed E-state index contributed by atoms with van der Waals surface area (Å²) in [6.45, 7) is 3.66. The van der Waals surface area contributed by atoms with E-state index in [1.807, 2.05) is 13.0 Å². The van der Waals surface area contributed by atoms with Crippen molar-refractivity contribution in [2.45, 2.75) is 59.0 Å². The number of benzene rings is 1. The maximum atomic E-state index is 12.5. The number of fused-ring (bicyclic) bond motifs is 1. The Morgan fingerprint density at radius 1 is 1.06 bits per heavy atom. The summed E-state index contributed by atoms with van der Waals surface area (Å²) in [5.41, 5.74) is 2.84. The molecule has 32 heavy (non-hydrogen) atoms. The smallest absolute Gasteiger partial charge is 0.342 e. The maximum absolute atomic E-state index is 12.5. The van der Waals surface area contributed by atoms with Gasteiger partial charge in [-0.25, -0.2) is 4.79 Å². The van der Waals surface area contributed by atoms with Gasteiger partial charge in [0.1, 0.15) is 17.9 Å². The standard InChI is InChI=1S/C23H28O9/c1-13(9-11-17(24)25)8-10-15-21(30-4)14(2)16-12-31-23(28)20(16)22(15)32-19(27)7-5-6-18(26)29-3/h8H,5-7,9-12H2,1-4H3,(H,24,25). The fraction of sp³-hybridized carbons (Fsp3) is 0.478. The first kappa shape index (κ1) is 24.9. The number of methoxy groups -OCH3 is 2. The van der Waals surface area contributed by atoms with Crippen molar-refractivity contribution in [2.75, 3.05) is 14.2 Å². The predicted octanol–water partition coefficient (Wildman–Crippen LogP) is 3.28. The molecule has 0 saturated carbocycles. The van der Waals surface area contributed by atoms with Gasteiger partial charge in [0.25, 0.3) is 0 Å². The first-order valence-electron chi connectivity index (χ1n) is 10.2. The summed E-state index contributed by atoms with van der Waals surface area (Å²) in [5, 5.41) is 8.88. The molecule has 1 aliphatic rings. The normalized spacial score (nSPS) is 12.8. The molecule has 2 rings (SSSR count). The largest absolute Gasteiger partial charge is 0.496 e. The average molecular weight is 448 g/mol. The van der Waals surface area contributed by atoms with Crippen molar-refractivity contribution < 1.29 is 43.2 Å². The maximum Gasteiger partial charge on any atom is 0.342 e. The first-order chi connectivity index (χ1) is 15.2. The third kappa shape index (κ3) is 6.09. The Kier molecular flexibility index (Phi) is 8.80. The number of allylic oxidation sites excluding steroid dienone is 2. The minimum absolute atomic E-state index is 0.00293. The average Bonchev–Trinajstić information content (AvgIpc) is 3.14. The third-order valence-corrected chi connectivity index (χ3v) is 5.22. The number of hydrogen-bond acceptors (Lipinski definition) is 8. The number of carboxylic acid groups (broad SMARTS) is 1. The van der Waals surface area contributed by atoms with Gasteiger partial charge in [0.2, 0.25) is 0 Å². The van der Waals surface area contributed by atoms with Crippen LogP contribution >= 0.6 is 0 Å². The lowest BCUT2D eigenvalue weighted by Gasteiger charge is -2.18. The summed E-state index contributed by atoms with van der Waals surface area (Å²) in [5.74, 6) is -1.96. The Labute approximate surface area is 186 Å². The van der Waals surface area contributed by atoms with Crippen molar-refractivity contribution in [1.29, 1.82) is 0 Å². The molecule has 1 aliphatic heterocycles. The van der Waals surface area contributed by atoms with Crippen LogP contribution in [0.1, 0.15) is 66.1 Å². The highest BCUT2D eigenvalue weighted by Crippen LogP contribution is 2.43. The van der Waals surface area contributed by atoms with Gasteiger partial charge in [-0.1, -0.05) is 11.6 Å². The first-order valence-corrected chi connectivity index (χ1v) is 10.2. The van der Waals surface area contributed by atoms with Gasteiger partial charge in [0.05, 0.1) is 14.2 Å². The lowest BCUT2D eigenvalue weighted by atomic mass is 9.94. The van der Waals surface area contributed by atoms with E-state index in [0.717, 1.165) is 5.57 Å². The Morgan fingerprint density at radius 3 is 2.38 bits per heavy atom. The van der Waals surface area contributed by atoms with E-state index in [1.54, 1.807) is 6.92 Å². The minimum Gasteiger partial charge on any atom is -0.496 e. The molecule has 1 aromatic carbocycles. The van der Waals surface area contributed by atoms with Gasteiger partial charge in [-0.05, 0) is 38.7 Å². The van der Waals surface area contributed by atoms with Crippen LogP contribution in [0.3, 0.4) is 0 Å². The molecule has 0 amide bonds. The molecular formula is C23H28O9. The lowest BCUT2D eigenvalue weighted by Crippen LogP contribution is -2.14. The molecule has 9 nitrogen and oxygen atoms in total. The Hall–Kier alpha value is -3.36. The Bertz CT molecular complexity index is 944. The number of rotatable bonds is 11. The van der Waals surface area contributed by atoms with Crippen molar-refractivity contribution in [2.24, 2.45) is 0 Å². The van der Waals surface area contributed by atoms with Crippen molar-refractivity contribution in [1.82, 2.24) is 0 Å². The molecule has 0 aliphatic carbocycles. The molecule has 0 bridgehead atoms. The van der Waals surface area contributed by atoms with Crippen LogP contribution in [0.4, 0.5) is 0 Å². The quantitative estimate of drug-likeness (QED) is 0.308. The highest BCUT2D eigenvalue weighted by atomic mass is 16.6. The Balaban J connectivity index is 2.39. The molecule has 0 unspecified atom stereocenters. The molecule has 1 heterocycles. The zero-order valence-electron chi connectivity index (χ0n) is 18.7. The molecule has 0 spiro atoms. The van der Waals surface area contributed by atoms with Crippen molar-refractivity contribution >= 4 is 23.9 Å². The van der Waals surface area contributed by atoms with Crippen LogP contribution in [0.15, 0.2) is 11.6 Å². The summed E-state index contributed by atoms with van der Waals surface area (Å²) >= 11 is 0. The number of carboxylic acids is 1. The van der Waals surface area contributed by atoms with Crippen LogP contribution in [0.5, 0.6) is 11.5 Å². The number of esters is 3. The molecule has 0 radical (unpaired) electrons. The van der Waals surface area contributed by atoms with E-state index in [0.29, 0.717) is 28.9 Å². The van der Waals surface area contributed by atoms with Crippen molar-refractivity contribution in [3.8, 4) is 11.5 Å². The molecule has 1 N–H and O–H groups in total. The van der Waals surface area contributed by atoms with Gasteiger partial charge in [-0.2, -0.15) is 0 Å². The Morgan fingerprint density at radius 2 is 1.75 bits per heavy atom. The van der Waals surface area contributed by atoms with Crippen molar-refractivity contribution in [3.63, 3.8) is 0 Å². The van der Waals surface area contributed by atoms with E-state index in [2.05, 4.69) is 4.74 Å². The molecule has 0 aromatic heterocycles. The molecule has 0 saturated heterocycles. The lowest BCUT2D eigenvalue weighted by molar-refractivity contribution is -0.141. The third-order valence-electron chi connectivity index (χ3n) is 5.22. The number of ether oxygens (including phenoxy) is 4. The van der Waals surface area contributed by atoms with E-state index in [-0.39, 0.29) is 50.0 Å². The number of carbonyl (C=O) groups excluding carboxylic acids is 3. The second kappa shape index (κ2) is 11.3. The fourth-order valence-electron chi connectivity index (χ4n) is 3.45. The van der Waals surface area contributed by atoms with Gasteiger partial charge in [0, 0.05) is 30.4 Å². The number of carbonyl (C=O) groups is 4. The second-order valence-corrected chi connectivity index (χ2v) is 7.45. The molecule has 174 valence electrons. The van der Waals surface area contributed by atoms with Gasteiger partial charge < -0.3 is 24.1 Å². The summed E-state index contributed by atoms with van der Waals surface area (Å²) < 4.78 is 20.9. The molecule has 0 atom stereocenters. The zero-order valence-corrected chi connectivity index (χ0v) is 18.7. The minimum atomic E-state index is -0.895. The van der Waals surface area contributed by atoms with Gasteiger partial charge in [0.15, 0.2) is 5.75 Å². The molecule has 0 fully saturated rings. The summed E-state index contributed by atoms with van der Waals surface area (Å²) in [6.07, 6.45) is 2.72. The summed E-state index contributed by atoms with van der Waals surface area (Å²) in [6, 6.07) is 0. The van der Waals surface area contributed by atoms with E-state index in [9.17, 15) is 19.2 Å². The van der Waals surface area contributed by atoms with E-state index < -0.39 is 23.9 Å². The van der Waals surface area contributed by atoms with Crippen molar-refractivity contribution in [3.05, 3.63) is 33.9 Å². The van der Waals surface area contributed by atoms with E-state index in [1.165, 1.54) is 14.2 Å². The van der Waals surface area contributed by atoms with Gasteiger partial charge in [-0.3, -0.25) is 14.4 Å². The zero-order chi connectivity index (χ0) is 23.8. The molecule has 9 heteroatoms. The number of cyclic esters (lactones) is 1. The van der Waals surface area contributed by atoms with E-state index in [4.69, 9.17) is 19.3 Å². The summed E-state index contributed by atoms with van der Waals surface area (Å²) in [4.78, 5) is 47.0. The topological polar surface area (TPSA) is 125 Å². The molecular weight excluding hydrogens is 420 g/mol. The number of hydrogen-bond donors (Lipinski definition) is 1. The fourth-order valence-corrected chi connectivity index (χ4v) is 3.45. The van der Waals surface area contributed by atoms with Crippen LogP contribution < -0.4 is 9.47 Å². The van der Waals surface area contributed by atoms with Crippen LogP contribution in [0.2, 0.25) is 0 Å². The van der Waals surface area contributed by atoms with Crippen LogP contribution in [-0.4, -0.2) is 43.2 Å². The predicted molar refractivity (Wildman–Crippen MR) is 113 cm³/mol. The van der Waals surface area contributed by atoms with Gasteiger partial charge in [-0.15, -0.1) is 0 Å². The van der Waals surface area contributed by atoms with Crippen LogP contribution in [-0.2, 0) is 36.9 Å². The highest BCUT2D eigenvalue weighted by Gasteiger charge is 2.34. The monoisotopic (exact) mass is 448 g/mol. The SMILES string of the molecule is COC(=O)CCCC(=O)Oc1c(CC=C(C)CCC(=O)O)c(OC)c(C)c2c1C(=O)OC2. The van der Waals surface area contributed by atoms with Crippen LogP contribution in [0.25, 0.3) is 0 Å². The van der Waals surface area contributed by atoms with E-state index >= 15 is 0 Å².